The van der Waals surface area contributed by atoms with Crippen molar-refractivity contribution in [3.05, 3.63) is 0 Å². The van der Waals surface area contributed by atoms with E-state index in [4.69, 9.17) is 5.73 Å². The molecule has 0 aliphatic carbocycles. The minimum atomic E-state index is -0.175. The van der Waals surface area contributed by atoms with Crippen LogP contribution >= 0.6 is 22.6 Å². The summed E-state index contributed by atoms with van der Waals surface area (Å²) in [4.78, 5) is 10.6. The number of amides is 1. The number of halogens is 1. The van der Waals surface area contributed by atoms with Gasteiger partial charge in [0.25, 0.3) is 0 Å². The van der Waals surface area contributed by atoms with E-state index in [-0.39, 0.29) is 9.83 Å². The number of hydrogen-bond donors (Lipinski definition) is 1. The maximum atomic E-state index is 10.6. The van der Waals surface area contributed by atoms with Gasteiger partial charge in [0.1, 0.15) is 0 Å². The number of carbonyl (C=O) groups is 1. The Morgan fingerprint density at radius 1 is 1.33 bits per heavy atom. The minimum absolute atomic E-state index is 0.0317. The van der Waals surface area contributed by atoms with Crippen LogP contribution in [0.1, 0.15) is 45.4 Å². The number of nitrogens with two attached hydrogens (primary N) is 1. The van der Waals surface area contributed by atoms with Crippen LogP contribution < -0.4 is 5.73 Å². The average molecular weight is 283 g/mol. The molecular formula is C9H18INO. The Kier molecular flexibility index (Phi) is 7.96. The van der Waals surface area contributed by atoms with E-state index in [1.807, 2.05) is 0 Å². The molecule has 1 unspecified atom stereocenters. The zero-order valence-corrected chi connectivity index (χ0v) is 9.84. The number of hydrogen-bond acceptors (Lipinski definition) is 1. The molecule has 1 atom stereocenters. The lowest BCUT2D eigenvalue weighted by molar-refractivity contribution is -0.117. The quantitative estimate of drug-likeness (QED) is 0.435. The monoisotopic (exact) mass is 283 g/mol. The van der Waals surface area contributed by atoms with Crippen LogP contribution in [0.5, 0.6) is 0 Å². The molecule has 0 radical (unpaired) electrons. The highest BCUT2D eigenvalue weighted by molar-refractivity contribution is 14.1. The summed E-state index contributed by atoms with van der Waals surface area (Å²) in [6, 6.07) is 0. The van der Waals surface area contributed by atoms with Crippen molar-refractivity contribution in [3.63, 3.8) is 0 Å². The molecule has 0 aliphatic heterocycles. The lowest BCUT2D eigenvalue weighted by Gasteiger charge is -2.04. The van der Waals surface area contributed by atoms with Gasteiger partial charge in [-0.3, -0.25) is 4.79 Å². The van der Waals surface area contributed by atoms with Crippen LogP contribution in [0.25, 0.3) is 0 Å². The second-order valence-electron chi connectivity index (χ2n) is 3.07. The first kappa shape index (κ1) is 12.2. The van der Waals surface area contributed by atoms with Gasteiger partial charge in [-0.1, -0.05) is 61.6 Å². The summed E-state index contributed by atoms with van der Waals surface area (Å²) in [6.07, 6.45) is 7.18. The first-order chi connectivity index (χ1) is 5.68. The van der Waals surface area contributed by atoms with Crippen LogP contribution in [0.4, 0.5) is 0 Å². The van der Waals surface area contributed by atoms with E-state index in [0.717, 1.165) is 12.8 Å². The van der Waals surface area contributed by atoms with Gasteiger partial charge in [-0.15, -0.1) is 0 Å². The normalized spacial score (nSPS) is 12.8. The number of primary amides is 1. The van der Waals surface area contributed by atoms with E-state index in [2.05, 4.69) is 29.5 Å². The molecule has 0 aromatic rings. The van der Waals surface area contributed by atoms with E-state index in [0.29, 0.717) is 0 Å². The zero-order valence-electron chi connectivity index (χ0n) is 7.68. The third-order valence-electron chi connectivity index (χ3n) is 1.87. The first-order valence-corrected chi connectivity index (χ1v) is 5.86. The van der Waals surface area contributed by atoms with Gasteiger partial charge in [-0.25, -0.2) is 0 Å². The largest absolute Gasteiger partial charge is 0.369 e. The Bertz CT molecular complexity index is 128. The zero-order chi connectivity index (χ0) is 9.40. The Morgan fingerprint density at radius 3 is 2.42 bits per heavy atom. The molecule has 2 N–H and O–H groups in total. The van der Waals surface area contributed by atoms with Gasteiger partial charge in [0.05, 0.1) is 3.92 Å². The minimum Gasteiger partial charge on any atom is -0.369 e. The van der Waals surface area contributed by atoms with E-state index in [1.165, 1.54) is 25.7 Å². The first-order valence-electron chi connectivity index (χ1n) is 4.62. The Labute approximate surface area is 88.4 Å². The Hall–Kier alpha value is 0.200. The van der Waals surface area contributed by atoms with Crippen molar-refractivity contribution in [2.45, 2.75) is 49.4 Å². The summed E-state index contributed by atoms with van der Waals surface area (Å²) in [5.74, 6) is -0.175. The van der Waals surface area contributed by atoms with Crippen molar-refractivity contribution in [2.24, 2.45) is 5.73 Å². The van der Waals surface area contributed by atoms with Crippen molar-refractivity contribution >= 4 is 28.5 Å². The number of unbranched alkanes of at least 4 members (excludes halogenated alkanes) is 4. The molecule has 0 saturated carbocycles. The molecule has 0 bridgehead atoms. The molecule has 0 aromatic heterocycles. The topological polar surface area (TPSA) is 43.1 Å². The predicted molar refractivity (Wildman–Crippen MR) is 60.4 cm³/mol. The van der Waals surface area contributed by atoms with Gasteiger partial charge in [-0.2, -0.15) is 0 Å². The standard InChI is InChI=1S/C9H18INO/c1-2-3-4-5-6-7-8(10)9(11)12/h8H,2-7H2,1H3,(H2,11,12). The van der Waals surface area contributed by atoms with Crippen LogP contribution in [-0.2, 0) is 4.79 Å². The molecule has 0 rings (SSSR count). The molecule has 0 spiro atoms. The van der Waals surface area contributed by atoms with Crippen LogP contribution in [0.15, 0.2) is 0 Å². The van der Waals surface area contributed by atoms with Crippen molar-refractivity contribution in [1.29, 1.82) is 0 Å². The second kappa shape index (κ2) is 7.83. The SMILES string of the molecule is CCCCCCCC(I)C(N)=O. The maximum Gasteiger partial charge on any atom is 0.230 e. The number of rotatable bonds is 7. The summed E-state index contributed by atoms with van der Waals surface area (Å²) in [6.45, 7) is 2.20. The molecule has 3 heteroatoms. The molecular weight excluding hydrogens is 265 g/mol. The van der Waals surface area contributed by atoms with Crippen molar-refractivity contribution in [2.75, 3.05) is 0 Å². The van der Waals surface area contributed by atoms with Crippen LogP contribution in [0, 0.1) is 0 Å². The second-order valence-corrected chi connectivity index (χ2v) is 4.58. The molecule has 2 nitrogen and oxygen atoms in total. The summed E-state index contributed by atoms with van der Waals surface area (Å²) >= 11 is 2.12. The summed E-state index contributed by atoms with van der Waals surface area (Å²) < 4.78 is 0.0317. The van der Waals surface area contributed by atoms with Gasteiger partial charge in [0.15, 0.2) is 0 Å². The number of alkyl halides is 1. The predicted octanol–water partition coefficient (Wildman–Crippen LogP) is 2.64. The molecule has 12 heavy (non-hydrogen) atoms. The van der Waals surface area contributed by atoms with Gasteiger partial charge in [0.2, 0.25) is 5.91 Å². The summed E-state index contributed by atoms with van der Waals surface area (Å²) in [5, 5.41) is 0. The molecule has 0 aromatic carbocycles. The van der Waals surface area contributed by atoms with Gasteiger partial charge in [-0.05, 0) is 6.42 Å². The van der Waals surface area contributed by atoms with E-state index >= 15 is 0 Å². The molecule has 1 amide bonds. The van der Waals surface area contributed by atoms with Gasteiger partial charge >= 0.3 is 0 Å². The van der Waals surface area contributed by atoms with Crippen molar-refractivity contribution in [3.8, 4) is 0 Å². The van der Waals surface area contributed by atoms with Gasteiger partial charge in [0, 0.05) is 0 Å². The number of carbonyl (C=O) groups excluding carboxylic acids is 1. The fraction of sp³-hybridized carbons (Fsp3) is 0.889. The van der Waals surface area contributed by atoms with E-state index in [9.17, 15) is 4.79 Å². The van der Waals surface area contributed by atoms with Crippen molar-refractivity contribution in [1.82, 2.24) is 0 Å². The third-order valence-corrected chi connectivity index (χ3v) is 3.11. The molecule has 0 saturated heterocycles. The highest BCUT2D eigenvalue weighted by atomic mass is 127. The highest BCUT2D eigenvalue weighted by Gasteiger charge is 2.08. The molecule has 0 heterocycles. The maximum absolute atomic E-state index is 10.6. The van der Waals surface area contributed by atoms with Crippen molar-refractivity contribution < 1.29 is 4.79 Å². The fourth-order valence-electron chi connectivity index (χ4n) is 1.07. The van der Waals surface area contributed by atoms with Gasteiger partial charge < -0.3 is 5.73 Å². The highest BCUT2D eigenvalue weighted by Crippen LogP contribution is 2.12. The lowest BCUT2D eigenvalue weighted by atomic mass is 10.1. The van der Waals surface area contributed by atoms with E-state index in [1.54, 1.807) is 0 Å². The van der Waals surface area contributed by atoms with Crippen LogP contribution in [-0.4, -0.2) is 9.83 Å². The van der Waals surface area contributed by atoms with E-state index < -0.39 is 0 Å². The summed E-state index contributed by atoms with van der Waals surface area (Å²) in [5.41, 5.74) is 5.13. The molecule has 0 fully saturated rings. The summed E-state index contributed by atoms with van der Waals surface area (Å²) in [7, 11) is 0. The average Bonchev–Trinajstić information content (AvgIpc) is 2.03. The smallest absolute Gasteiger partial charge is 0.230 e. The molecule has 0 aliphatic rings. The lowest BCUT2D eigenvalue weighted by Crippen LogP contribution is -2.22. The Balaban J connectivity index is 3.14. The molecule has 72 valence electrons. The fourth-order valence-corrected chi connectivity index (χ4v) is 1.51. The van der Waals surface area contributed by atoms with Crippen LogP contribution in [0.2, 0.25) is 0 Å². The Morgan fingerprint density at radius 2 is 1.92 bits per heavy atom. The third kappa shape index (κ3) is 6.88. The van der Waals surface area contributed by atoms with Crippen LogP contribution in [0.3, 0.4) is 0 Å².